The SMILES string of the molecule is CC(C)OCCNCc1ccc([N+](=O)[O-])cc1[N+](=O)[O-]. The van der Waals surface area contributed by atoms with E-state index in [1.54, 1.807) is 0 Å². The maximum absolute atomic E-state index is 10.9. The molecule has 20 heavy (non-hydrogen) atoms. The highest BCUT2D eigenvalue weighted by molar-refractivity contribution is 5.49. The van der Waals surface area contributed by atoms with Gasteiger partial charge in [0.2, 0.25) is 0 Å². The van der Waals surface area contributed by atoms with Crippen molar-refractivity contribution in [3.05, 3.63) is 44.0 Å². The van der Waals surface area contributed by atoms with Crippen molar-refractivity contribution in [3.63, 3.8) is 0 Å². The molecule has 0 unspecified atom stereocenters. The third-order valence-electron chi connectivity index (χ3n) is 2.52. The van der Waals surface area contributed by atoms with Gasteiger partial charge in [-0.05, 0) is 19.9 Å². The minimum Gasteiger partial charge on any atom is -0.377 e. The van der Waals surface area contributed by atoms with Crippen molar-refractivity contribution in [1.29, 1.82) is 0 Å². The monoisotopic (exact) mass is 283 g/mol. The number of hydrogen-bond acceptors (Lipinski definition) is 6. The van der Waals surface area contributed by atoms with E-state index in [1.807, 2.05) is 13.8 Å². The van der Waals surface area contributed by atoms with Gasteiger partial charge >= 0.3 is 0 Å². The van der Waals surface area contributed by atoms with Gasteiger partial charge in [-0.1, -0.05) is 0 Å². The molecule has 0 amide bonds. The van der Waals surface area contributed by atoms with Crippen LogP contribution in [-0.4, -0.2) is 29.1 Å². The highest BCUT2D eigenvalue weighted by Crippen LogP contribution is 2.24. The highest BCUT2D eigenvalue weighted by atomic mass is 16.6. The number of nitrogens with zero attached hydrogens (tertiary/aromatic N) is 2. The lowest BCUT2D eigenvalue weighted by Gasteiger charge is -2.08. The van der Waals surface area contributed by atoms with Crippen molar-refractivity contribution in [2.75, 3.05) is 13.2 Å². The summed E-state index contributed by atoms with van der Waals surface area (Å²) in [5.74, 6) is 0. The summed E-state index contributed by atoms with van der Waals surface area (Å²) >= 11 is 0. The average molecular weight is 283 g/mol. The van der Waals surface area contributed by atoms with Crippen LogP contribution in [0.15, 0.2) is 18.2 Å². The van der Waals surface area contributed by atoms with Crippen molar-refractivity contribution in [2.24, 2.45) is 0 Å². The van der Waals surface area contributed by atoms with Gasteiger partial charge in [0.1, 0.15) is 0 Å². The molecule has 1 rings (SSSR count). The number of non-ortho nitro benzene ring substituents is 1. The van der Waals surface area contributed by atoms with Crippen LogP contribution in [0, 0.1) is 20.2 Å². The van der Waals surface area contributed by atoms with E-state index in [-0.39, 0.29) is 24.0 Å². The maximum atomic E-state index is 10.9. The van der Waals surface area contributed by atoms with E-state index in [0.29, 0.717) is 18.7 Å². The van der Waals surface area contributed by atoms with Crippen LogP contribution in [0.3, 0.4) is 0 Å². The zero-order valence-electron chi connectivity index (χ0n) is 11.4. The first-order valence-electron chi connectivity index (χ1n) is 6.16. The van der Waals surface area contributed by atoms with Crippen LogP contribution in [0.25, 0.3) is 0 Å². The average Bonchev–Trinajstić information content (AvgIpc) is 2.37. The number of nitro benzene ring substituents is 2. The molecule has 1 aromatic rings. The summed E-state index contributed by atoms with van der Waals surface area (Å²) in [6.07, 6.45) is 0.130. The summed E-state index contributed by atoms with van der Waals surface area (Å²) < 4.78 is 5.32. The van der Waals surface area contributed by atoms with E-state index >= 15 is 0 Å². The molecule has 0 radical (unpaired) electrons. The second kappa shape index (κ2) is 7.51. The molecule has 0 spiro atoms. The van der Waals surface area contributed by atoms with E-state index in [2.05, 4.69) is 5.32 Å². The predicted molar refractivity (Wildman–Crippen MR) is 72.5 cm³/mol. The molecule has 0 saturated carbocycles. The van der Waals surface area contributed by atoms with Crippen LogP contribution in [0.4, 0.5) is 11.4 Å². The number of nitrogens with one attached hydrogen (secondary N) is 1. The van der Waals surface area contributed by atoms with Gasteiger partial charge in [0.25, 0.3) is 11.4 Å². The fourth-order valence-corrected chi connectivity index (χ4v) is 1.58. The van der Waals surface area contributed by atoms with Crippen LogP contribution in [-0.2, 0) is 11.3 Å². The van der Waals surface area contributed by atoms with Gasteiger partial charge in [-0.15, -0.1) is 0 Å². The number of ether oxygens (including phenoxy) is 1. The van der Waals surface area contributed by atoms with E-state index in [0.717, 1.165) is 6.07 Å². The fourth-order valence-electron chi connectivity index (χ4n) is 1.58. The molecule has 1 aromatic carbocycles. The quantitative estimate of drug-likeness (QED) is 0.444. The fraction of sp³-hybridized carbons (Fsp3) is 0.500. The molecule has 0 bridgehead atoms. The lowest BCUT2D eigenvalue weighted by Crippen LogP contribution is -2.21. The molecule has 1 N–H and O–H groups in total. The van der Waals surface area contributed by atoms with Crippen LogP contribution in [0.1, 0.15) is 19.4 Å². The van der Waals surface area contributed by atoms with Crippen molar-refractivity contribution in [1.82, 2.24) is 5.32 Å². The number of nitro groups is 2. The molecule has 8 heteroatoms. The normalized spacial score (nSPS) is 10.8. The van der Waals surface area contributed by atoms with E-state index in [1.165, 1.54) is 12.1 Å². The van der Waals surface area contributed by atoms with Crippen molar-refractivity contribution < 1.29 is 14.6 Å². The van der Waals surface area contributed by atoms with Gasteiger partial charge in [-0.3, -0.25) is 20.2 Å². The Morgan fingerprint density at radius 3 is 2.50 bits per heavy atom. The lowest BCUT2D eigenvalue weighted by atomic mass is 10.1. The smallest absolute Gasteiger partial charge is 0.280 e. The van der Waals surface area contributed by atoms with Gasteiger partial charge in [-0.2, -0.15) is 0 Å². The van der Waals surface area contributed by atoms with Crippen LogP contribution in [0.2, 0.25) is 0 Å². The summed E-state index contributed by atoms with van der Waals surface area (Å²) in [6, 6.07) is 3.63. The molecule has 0 aliphatic carbocycles. The number of rotatable bonds is 8. The third-order valence-corrected chi connectivity index (χ3v) is 2.52. The summed E-state index contributed by atoms with van der Waals surface area (Å²) in [5.41, 5.74) is -0.134. The third kappa shape index (κ3) is 4.90. The van der Waals surface area contributed by atoms with Crippen molar-refractivity contribution >= 4 is 11.4 Å². The molecular weight excluding hydrogens is 266 g/mol. The predicted octanol–water partition coefficient (Wildman–Crippen LogP) is 2.02. The lowest BCUT2D eigenvalue weighted by molar-refractivity contribution is -0.394. The molecule has 0 fully saturated rings. The Bertz CT molecular complexity index is 490. The Hall–Kier alpha value is -2.06. The number of hydrogen-bond donors (Lipinski definition) is 1. The largest absolute Gasteiger partial charge is 0.377 e. The maximum Gasteiger partial charge on any atom is 0.280 e. The second-order valence-corrected chi connectivity index (χ2v) is 4.42. The van der Waals surface area contributed by atoms with E-state index in [4.69, 9.17) is 4.74 Å². The minimum absolute atomic E-state index is 0.130. The first-order valence-corrected chi connectivity index (χ1v) is 6.16. The zero-order valence-corrected chi connectivity index (χ0v) is 11.4. The summed E-state index contributed by atoms with van der Waals surface area (Å²) in [5, 5.41) is 24.5. The van der Waals surface area contributed by atoms with Gasteiger partial charge in [-0.25, -0.2) is 0 Å². The Balaban J connectivity index is 2.65. The minimum atomic E-state index is -0.652. The van der Waals surface area contributed by atoms with Gasteiger partial charge in [0, 0.05) is 24.7 Å². The van der Waals surface area contributed by atoms with Crippen molar-refractivity contribution in [2.45, 2.75) is 26.5 Å². The standard InChI is InChI=1S/C12H17N3O5/c1-9(2)20-6-5-13-8-10-3-4-11(14(16)17)7-12(10)15(18)19/h3-4,7,9,13H,5-6,8H2,1-2H3. The van der Waals surface area contributed by atoms with Crippen LogP contribution in [0.5, 0.6) is 0 Å². The van der Waals surface area contributed by atoms with E-state index in [9.17, 15) is 20.2 Å². The number of benzene rings is 1. The molecule has 0 heterocycles. The Morgan fingerprint density at radius 2 is 1.95 bits per heavy atom. The zero-order chi connectivity index (χ0) is 15.1. The molecule has 8 nitrogen and oxygen atoms in total. The molecule has 110 valence electrons. The molecule has 0 aliphatic heterocycles. The topological polar surface area (TPSA) is 108 Å². The molecule has 0 aromatic heterocycles. The van der Waals surface area contributed by atoms with E-state index < -0.39 is 9.85 Å². The highest BCUT2D eigenvalue weighted by Gasteiger charge is 2.18. The second-order valence-electron chi connectivity index (χ2n) is 4.42. The molecular formula is C12H17N3O5. The molecule has 0 atom stereocenters. The van der Waals surface area contributed by atoms with Gasteiger partial charge in [0.05, 0.1) is 28.6 Å². The summed E-state index contributed by atoms with van der Waals surface area (Å²) in [7, 11) is 0. The first kappa shape index (κ1) is 16.0. The first-order chi connectivity index (χ1) is 9.41. The Labute approximate surface area is 116 Å². The molecule has 0 aliphatic rings. The van der Waals surface area contributed by atoms with Crippen molar-refractivity contribution in [3.8, 4) is 0 Å². The van der Waals surface area contributed by atoms with Crippen LogP contribution < -0.4 is 5.32 Å². The molecule has 0 saturated heterocycles. The summed E-state index contributed by atoms with van der Waals surface area (Å²) in [4.78, 5) is 20.2. The van der Waals surface area contributed by atoms with Gasteiger partial charge < -0.3 is 10.1 Å². The Kier molecular flexibility index (Phi) is 6.01. The van der Waals surface area contributed by atoms with Gasteiger partial charge in [0.15, 0.2) is 0 Å². The Morgan fingerprint density at radius 1 is 1.25 bits per heavy atom. The van der Waals surface area contributed by atoms with Crippen LogP contribution >= 0.6 is 0 Å². The summed E-state index contributed by atoms with van der Waals surface area (Å²) in [6.45, 7) is 5.14.